The van der Waals surface area contributed by atoms with E-state index in [4.69, 9.17) is 27.9 Å². The first-order chi connectivity index (χ1) is 15.2. The van der Waals surface area contributed by atoms with Crippen molar-refractivity contribution < 1.29 is 14.3 Å². The molecule has 2 unspecified atom stereocenters. The number of esters is 1. The molecule has 0 aromatic heterocycles. The van der Waals surface area contributed by atoms with Gasteiger partial charge in [0.05, 0.1) is 30.4 Å². The second-order valence-electron chi connectivity index (χ2n) is 8.71. The molecular formula is C25H30Cl2N2O3. The number of halogens is 2. The first kappa shape index (κ1) is 24.6. The maximum atomic E-state index is 12.9. The summed E-state index contributed by atoms with van der Waals surface area (Å²) in [5, 5.41) is 4.81. The first-order valence-electron chi connectivity index (χ1n) is 10.9. The smallest absolute Gasteiger partial charge is 0.337 e. The summed E-state index contributed by atoms with van der Waals surface area (Å²) in [5.41, 5.74) is 1.25. The molecule has 1 N–H and O–H groups in total. The number of ether oxygens (including phenoxy) is 1. The molecule has 4 rings (SSSR count). The zero-order chi connectivity index (χ0) is 23.5. The van der Waals surface area contributed by atoms with Crippen molar-refractivity contribution in [3.63, 3.8) is 0 Å². The molecule has 2 aromatic carbocycles. The molecule has 0 spiro atoms. The third-order valence-corrected chi connectivity index (χ3v) is 6.35. The molecule has 1 saturated heterocycles. The van der Waals surface area contributed by atoms with Gasteiger partial charge in [-0.15, -0.1) is 0 Å². The van der Waals surface area contributed by atoms with Gasteiger partial charge in [0.2, 0.25) is 5.91 Å². The minimum absolute atomic E-state index is 0.0586. The van der Waals surface area contributed by atoms with Crippen molar-refractivity contribution in [3.05, 3.63) is 69.7 Å². The highest BCUT2D eigenvalue weighted by Crippen LogP contribution is 2.48. The first-order valence-corrected chi connectivity index (χ1v) is 11.6. The molecule has 32 heavy (non-hydrogen) atoms. The zero-order valence-electron chi connectivity index (χ0n) is 18.9. The number of carbonyl (C=O) groups excluding carboxylic acids is 2. The van der Waals surface area contributed by atoms with E-state index in [0.717, 1.165) is 24.8 Å². The third kappa shape index (κ3) is 5.64. The fraction of sp³-hybridized carbons (Fsp3) is 0.440. The van der Waals surface area contributed by atoms with Gasteiger partial charge in [0.15, 0.2) is 0 Å². The Labute approximate surface area is 200 Å². The monoisotopic (exact) mass is 476 g/mol. The SMILES string of the molecule is CCC1NC(C)(C)N(C(c2ccc(C(=O)OC)cc2)C2CC2)C1=O.Clc1cccc(Cl)c1. The van der Waals surface area contributed by atoms with Crippen LogP contribution in [0.1, 0.15) is 62.0 Å². The fourth-order valence-electron chi connectivity index (χ4n) is 4.20. The van der Waals surface area contributed by atoms with Crippen LogP contribution in [0.2, 0.25) is 10.0 Å². The molecule has 1 aliphatic carbocycles. The van der Waals surface area contributed by atoms with Crippen LogP contribution >= 0.6 is 23.2 Å². The number of carbonyl (C=O) groups is 2. The molecule has 0 radical (unpaired) electrons. The Morgan fingerprint density at radius 3 is 2.16 bits per heavy atom. The fourth-order valence-corrected chi connectivity index (χ4v) is 4.64. The Hall–Kier alpha value is -2.08. The summed E-state index contributed by atoms with van der Waals surface area (Å²) >= 11 is 11.1. The highest BCUT2D eigenvalue weighted by atomic mass is 35.5. The molecule has 1 heterocycles. The van der Waals surface area contributed by atoms with Gasteiger partial charge in [0.1, 0.15) is 0 Å². The molecule has 2 aromatic rings. The second kappa shape index (κ2) is 10.2. The van der Waals surface area contributed by atoms with E-state index in [1.807, 2.05) is 30.0 Å². The van der Waals surface area contributed by atoms with Crippen molar-refractivity contribution >= 4 is 35.1 Å². The highest BCUT2D eigenvalue weighted by Gasteiger charge is 2.50. The third-order valence-electron chi connectivity index (χ3n) is 5.88. The summed E-state index contributed by atoms with van der Waals surface area (Å²) in [7, 11) is 1.38. The van der Waals surface area contributed by atoms with Crippen LogP contribution in [0.5, 0.6) is 0 Å². The zero-order valence-corrected chi connectivity index (χ0v) is 20.4. The normalized spacial score (nSPS) is 20.4. The standard InChI is InChI=1S/C19H26N2O3.C6H4Cl2/c1-5-15-17(22)21(19(2,3)20-15)16(12-6-7-12)13-8-10-14(11-9-13)18(23)24-4;7-5-2-1-3-6(8)4-5/h8-12,15-16,20H,5-7H2,1-4H3;1-4H. The molecule has 1 aliphatic heterocycles. The molecule has 0 bridgehead atoms. The van der Waals surface area contributed by atoms with Gasteiger partial charge in [-0.1, -0.05) is 48.3 Å². The maximum Gasteiger partial charge on any atom is 0.337 e. The lowest BCUT2D eigenvalue weighted by Crippen LogP contribution is -2.49. The molecule has 172 valence electrons. The Morgan fingerprint density at radius 2 is 1.75 bits per heavy atom. The highest BCUT2D eigenvalue weighted by molar-refractivity contribution is 6.34. The van der Waals surface area contributed by atoms with Crippen molar-refractivity contribution in [2.24, 2.45) is 5.92 Å². The minimum atomic E-state index is -0.369. The summed E-state index contributed by atoms with van der Waals surface area (Å²) in [6.07, 6.45) is 3.07. The average molecular weight is 477 g/mol. The van der Waals surface area contributed by atoms with Gasteiger partial charge in [-0.05, 0) is 74.9 Å². The van der Waals surface area contributed by atoms with Gasteiger partial charge in [-0.2, -0.15) is 0 Å². The molecule has 2 aliphatic rings. The van der Waals surface area contributed by atoms with E-state index in [1.165, 1.54) is 7.11 Å². The number of hydrogen-bond donors (Lipinski definition) is 1. The van der Waals surface area contributed by atoms with Crippen LogP contribution in [-0.4, -0.2) is 35.6 Å². The molecule has 2 fully saturated rings. The van der Waals surface area contributed by atoms with Crippen molar-refractivity contribution in [2.45, 2.75) is 57.8 Å². The van der Waals surface area contributed by atoms with Gasteiger partial charge in [0.25, 0.3) is 0 Å². The lowest BCUT2D eigenvalue weighted by atomic mass is 9.97. The van der Waals surface area contributed by atoms with Crippen LogP contribution in [0.25, 0.3) is 0 Å². The number of hydrogen-bond acceptors (Lipinski definition) is 4. The summed E-state index contributed by atoms with van der Waals surface area (Å²) in [6.45, 7) is 6.17. The Morgan fingerprint density at radius 1 is 1.16 bits per heavy atom. The molecule has 5 nitrogen and oxygen atoms in total. The van der Waals surface area contributed by atoms with E-state index in [9.17, 15) is 9.59 Å². The predicted octanol–water partition coefficient (Wildman–Crippen LogP) is 5.86. The lowest BCUT2D eigenvalue weighted by molar-refractivity contribution is -0.135. The van der Waals surface area contributed by atoms with Crippen LogP contribution in [0.3, 0.4) is 0 Å². The Bertz CT molecular complexity index is 941. The number of rotatable bonds is 5. The van der Waals surface area contributed by atoms with Gasteiger partial charge < -0.3 is 9.64 Å². The van der Waals surface area contributed by atoms with Crippen LogP contribution < -0.4 is 5.32 Å². The minimum Gasteiger partial charge on any atom is -0.465 e. The van der Waals surface area contributed by atoms with Crippen molar-refractivity contribution in [1.82, 2.24) is 10.2 Å². The van der Waals surface area contributed by atoms with E-state index in [0.29, 0.717) is 21.5 Å². The van der Waals surface area contributed by atoms with Crippen LogP contribution in [-0.2, 0) is 9.53 Å². The van der Waals surface area contributed by atoms with Gasteiger partial charge in [0, 0.05) is 10.0 Å². The van der Waals surface area contributed by atoms with Crippen molar-refractivity contribution in [3.8, 4) is 0 Å². The lowest BCUT2D eigenvalue weighted by Gasteiger charge is -2.38. The number of methoxy groups -OCH3 is 1. The number of benzene rings is 2. The number of amides is 1. The van der Waals surface area contributed by atoms with Gasteiger partial charge in [-0.25, -0.2) is 4.79 Å². The van der Waals surface area contributed by atoms with Crippen molar-refractivity contribution in [1.29, 1.82) is 0 Å². The maximum absolute atomic E-state index is 12.9. The number of nitrogens with zero attached hydrogens (tertiary/aromatic N) is 1. The molecule has 1 saturated carbocycles. The quantitative estimate of drug-likeness (QED) is 0.548. The second-order valence-corrected chi connectivity index (χ2v) is 9.58. The number of nitrogens with one attached hydrogen (secondary N) is 1. The van der Waals surface area contributed by atoms with E-state index in [-0.39, 0.29) is 29.6 Å². The molecule has 7 heteroatoms. The summed E-state index contributed by atoms with van der Waals surface area (Å²) < 4.78 is 4.76. The van der Waals surface area contributed by atoms with Gasteiger partial charge in [-0.3, -0.25) is 10.1 Å². The average Bonchev–Trinajstić information content (AvgIpc) is 3.56. The summed E-state index contributed by atoms with van der Waals surface area (Å²) in [6, 6.07) is 14.5. The largest absolute Gasteiger partial charge is 0.465 e. The van der Waals surface area contributed by atoms with Gasteiger partial charge >= 0.3 is 5.97 Å². The van der Waals surface area contributed by atoms with Crippen molar-refractivity contribution in [2.75, 3.05) is 7.11 Å². The Kier molecular flexibility index (Phi) is 7.86. The Balaban J connectivity index is 0.000000305. The topological polar surface area (TPSA) is 58.6 Å². The molecule has 2 atom stereocenters. The van der Waals surface area contributed by atoms with E-state index < -0.39 is 0 Å². The summed E-state index contributed by atoms with van der Waals surface area (Å²) in [4.78, 5) is 26.6. The summed E-state index contributed by atoms with van der Waals surface area (Å²) in [5.74, 6) is 0.334. The molecular weight excluding hydrogens is 447 g/mol. The van der Waals surface area contributed by atoms with Crippen LogP contribution in [0.15, 0.2) is 48.5 Å². The van der Waals surface area contributed by atoms with E-state index in [2.05, 4.69) is 19.2 Å². The van der Waals surface area contributed by atoms with Crippen LogP contribution in [0, 0.1) is 5.92 Å². The molecule has 1 amide bonds. The van der Waals surface area contributed by atoms with E-state index in [1.54, 1.807) is 30.3 Å². The van der Waals surface area contributed by atoms with Crippen LogP contribution in [0.4, 0.5) is 0 Å². The predicted molar refractivity (Wildman–Crippen MR) is 128 cm³/mol. The van der Waals surface area contributed by atoms with E-state index >= 15 is 0 Å².